The fourth-order valence-electron chi connectivity index (χ4n) is 5.34. The van der Waals surface area contributed by atoms with E-state index >= 15 is 0 Å². The third-order valence-corrected chi connectivity index (χ3v) is 6.96. The lowest BCUT2D eigenvalue weighted by Gasteiger charge is -2.27. The molecule has 0 saturated heterocycles. The summed E-state index contributed by atoms with van der Waals surface area (Å²) < 4.78 is 49.3. The molecule has 0 N–H and O–H groups in total. The molecule has 1 aliphatic rings. The van der Waals surface area contributed by atoms with Gasteiger partial charge in [-0.05, 0) is 80.5 Å². The Hall–Kier alpha value is -3.75. The number of benzene rings is 2. The number of methoxy groups -OCH3 is 1. The summed E-state index contributed by atoms with van der Waals surface area (Å²) in [5.74, 6) is 1.59. The quantitative estimate of drug-likeness (QED) is 0.253. The third-order valence-electron chi connectivity index (χ3n) is 6.96. The van der Waals surface area contributed by atoms with Crippen LogP contribution in [0.15, 0.2) is 42.5 Å². The van der Waals surface area contributed by atoms with Crippen LogP contribution in [-0.2, 0) is 19.4 Å². The molecule has 0 aliphatic heterocycles. The van der Waals surface area contributed by atoms with Crippen LogP contribution in [0.5, 0.6) is 11.5 Å². The van der Waals surface area contributed by atoms with E-state index in [0.29, 0.717) is 6.54 Å². The predicted octanol–water partition coefficient (Wildman–Crippen LogP) is 6.83. The molecule has 2 aromatic heterocycles. The number of hydrogen-bond donors (Lipinski definition) is 0. The highest BCUT2D eigenvalue weighted by Crippen LogP contribution is 2.38. The van der Waals surface area contributed by atoms with Gasteiger partial charge in [0.25, 0.3) is 0 Å². The molecular formula is C29H31F3N4O2. The van der Waals surface area contributed by atoms with E-state index in [2.05, 4.69) is 29.6 Å². The normalized spacial score (nSPS) is 13.1. The number of hydrogen-bond acceptors (Lipinski definition) is 5. The van der Waals surface area contributed by atoms with Gasteiger partial charge in [0.1, 0.15) is 17.3 Å². The lowest BCUT2D eigenvalue weighted by atomic mass is 10.0. The van der Waals surface area contributed by atoms with E-state index in [4.69, 9.17) is 14.8 Å². The van der Waals surface area contributed by atoms with E-state index in [1.807, 2.05) is 23.6 Å². The fourth-order valence-corrected chi connectivity index (χ4v) is 5.34. The van der Waals surface area contributed by atoms with Crippen molar-refractivity contribution in [2.45, 2.75) is 59.4 Å². The Labute approximate surface area is 220 Å². The molecule has 0 amide bonds. The van der Waals surface area contributed by atoms with Gasteiger partial charge in [-0.3, -0.25) is 0 Å². The van der Waals surface area contributed by atoms with E-state index in [1.54, 1.807) is 19.2 Å². The molecule has 1 aliphatic carbocycles. The van der Waals surface area contributed by atoms with Gasteiger partial charge >= 0.3 is 6.36 Å². The van der Waals surface area contributed by atoms with E-state index in [-0.39, 0.29) is 5.75 Å². The monoisotopic (exact) mass is 524 g/mol. The first-order valence-corrected chi connectivity index (χ1v) is 12.8. The van der Waals surface area contributed by atoms with Crippen LogP contribution in [0.2, 0.25) is 0 Å². The number of alkyl halides is 3. The Morgan fingerprint density at radius 1 is 1.03 bits per heavy atom. The van der Waals surface area contributed by atoms with E-state index < -0.39 is 6.36 Å². The summed E-state index contributed by atoms with van der Waals surface area (Å²) in [5.41, 5.74) is 8.04. The number of aryl methyl sites for hydroxylation is 3. The maximum Gasteiger partial charge on any atom is 0.573 e. The molecule has 5 rings (SSSR count). The molecule has 0 radical (unpaired) electrons. The Bertz CT molecular complexity index is 1460. The van der Waals surface area contributed by atoms with Crippen LogP contribution in [0.3, 0.4) is 0 Å². The molecule has 0 unspecified atom stereocenters. The Morgan fingerprint density at radius 2 is 1.76 bits per heavy atom. The van der Waals surface area contributed by atoms with Crippen molar-refractivity contribution in [3.8, 4) is 22.6 Å². The number of halogens is 3. The molecule has 0 spiro atoms. The standard InChI is InChI=1S/C29H31F3N4O2/c1-5-15-35(17-20-9-11-21(12-10-20)38-29(30,31)32)28-24-7-6-8-25(24)33-27-26(19(3)34-36(27)28)23-14-13-22(37-4)16-18(23)2/h9-14,16H,5-8,15,17H2,1-4H3. The van der Waals surface area contributed by atoms with Crippen LogP contribution < -0.4 is 14.4 Å². The largest absolute Gasteiger partial charge is 0.573 e. The molecule has 200 valence electrons. The molecule has 2 aromatic carbocycles. The summed E-state index contributed by atoms with van der Waals surface area (Å²) >= 11 is 0. The third kappa shape index (κ3) is 5.01. The zero-order valence-corrected chi connectivity index (χ0v) is 22.0. The summed E-state index contributed by atoms with van der Waals surface area (Å²) in [6.07, 6.45) is -0.952. The number of fused-ring (bicyclic) bond motifs is 2. The van der Waals surface area contributed by atoms with Crippen molar-refractivity contribution >= 4 is 11.5 Å². The van der Waals surface area contributed by atoms with Crippen molar-refractivity contribution in [1.82, 2.24) is 14.6 Å². The molecule has 0 bridgehead atoms. The fraction of sp³-hybridized carbons (Fsp3) is 0.379. The molecule has 0 saturated carbocycles. The van der Waals surface area contributed by atoms with Crippen LogP contribution in [0, 0.1) is 13.8 Å². The van der Waals surface area contributed by atoms with Gasteiger partial charge in [0.2, 0.25) is 0 Å². The highest BCUT2D eigenvalue weighted by molar-refractivity contribution is 5.83. The Morgan fingerprint density at radius 3 is 2.42 bits per heavy atom. The highest BCUT2D eigenvalue weighted by Gasteiger charge is 2.31. The van der Waals surface area contributed by atoms with Crippen molar-refractivity contribution in [2.24, 2.45) is 0 Å². The Balaban J connectivity index is 1.60. The van der Waals surface area contributed by atoms with Crippen LogP contribution in [0.1, 0.15) is 47.8 Å². The summed E-state index contributed by atoms with van der Waals surface area (Å²) in [5, 5.41) is 4.99. The maximum atomic E-state index is 12.6. The van der Waals surface area contributed by atoms with Gasteiger partial charge in [0, 0.05) is 29.9 Å². The van der Waals surface area contributed by atoms with Gasteiger partial charge in [-0.15, -0.1) is 13.2 Å². The average Bonchev–Trinajstić information content (AvgIpc) is 3.46. The minimum atomic E-state index is -4.71. The molecule has 2 heterocycles. The van der Waals surface area contributed by atoms with Crippen LogP contribution >= 0.6 is 0 Å². The average molecular weight is 525 g/mol. The predicted molar refractivity (Wildman–Crippen MR) is 141 cm³/mol. The van der Waals surface area contributed by atoms with Gasteiger partial charge < -0.3 is 14.4 Å². The first-order chi connectivity index (χ1) is 18.2. The second-order valence-electron chi connectivity index (χ2n) is 9.70. The van der Waals surface area contributed by atoms with Crippen molar-refractivity contribution in [2.75, 3.05) is 18.6 Å². The minimum absolute atomic E-state index is 0.224. The maximum absolute atomic E-state index is 12.6. The summed E-state index contributed by atoms with van der Waals surface area (Å²) in [7, 11) is 1.66. The molecule has 38 heavy (non-hydrogen) atoms. The number of nitrogens with zero attached hydrogens (tertiary/aromatic N) is 4. The first kappa shape index (κ1) is 25.9. The van der Waals surface area contributed by atoms with Gasteiger partial charge in [0.15, 0.2) is 5.65 Å². The summed E-state index contributed by atoms with van der Waals surface area (Å²) in [6.45, 7) is 7.48. The summed E-state index contributed by atoms with van der Waals surface area (Å²) in [6, 6.07) is 12.1. The van der Waals surface area contributed by atoms with E-state index in [9.17, 15) is 13.2 Å². The van der Waals surface area contributed by atoms with E-state index in [0.717, 1.165) is 83.1 Å². The SMILES string of the molecule is CCCN(Cc1ccc(OC(F)(F)F)cc1)c1c2c(nc3c(-c4ccc(OC)cc4C)c(C)nn13)CCC2. The smallest absolute Gasteiger partial charge is 0.497 e. The highest BCUT2D eigenvalue weighted by atomic mass is 19.4. The van der Waals surface area contributed by atoms with E-state index in [1.165, 1.54) is 17.7 Å². The van der Waals surface area contributed by atoms with Gasteiger partial charge in [-0.25, -0.2) is 4.98 Å². The number of rotatable bonds is 8. The second-order valence-corrected chi connectivity index (χ2v) is 9.70. The molecule has 4 aromatic rings. The summed E-state index contributed by atoms with van der Waals surface area (Å²) in [4.78, 5) is 7.39. The molecule has 9 heteroatoms. The van der Waals surface area contributed by atoms with Crippen molar-refractivity contribution < 1.29 is 22.6 Å². The second kappa shape index (κ2) is 10.2. The number of aromatic nitrogens is 3. The number of ether oxygens (including phenoxy) is 2. The van der Waals surface area contributed by atoms with Crippen LogP contribution in [0.4, 0.5) is 19.0 Å². The molecule has 0 fully saturated rings. The van der Waals surface area contributed by atoms with Crippen LogP contribution in [-0.4, -0.2) is 34.6 Å². The molecule has 0 atom stereocenters. The lowest BCUT2D eigenvalue weighted by molar-refractivity contribution is -0.274. The van der Waals surface area contributed by atoms with Crippen LogP contribution in [0.25, 0.3) is 16.8 Å². The zero-order chi connectivity index (χ0) is 27.0. The molecular weight excluding hydrogens is 493 g/mol. The lowest BCUT2D eigenvalue weighted by Crippen LogP contribution is -2.27. The first-order valence-electron chi connectivity index (χ1n) is 12.8. The Kier molecular flexibility index (Phi) is 6.94. The van der Waals surface area contributed by atoms with Crippen molar-refractivity contribution in [3.63, 3.8) is 0 Å². The number of anilines is 1. The van der Waals surface area contributed by atoms with Gasteiger partial charge in [0.05, 0.1) is 12.8 Å². The minimum Gasteiger partial charge on any atom is -0.497 e. The van der Waals surface area contributed by atoms with Crippen molar-refractivity contribution in [1.29, 1.82) is 0 Å². The van der Waals surface area contributed by atoms with Gasteiger partial charge in [-0.2, -0.15) is 9.61 Å². The molecule has 6 nitrogen and oxygen atoms in total. The van der Waals surface area contributed by atoms with Gasteiger partial charge in [-0.1, -0.05) is 25.1 Å². The topological polar surface area (TPSA) is 51.9 Å². The zero-order valence-electron chi connectivity index (χ0n) is 22.0. The van der Waals surface area contributed by atoms with Crippen molar-refractivity contribution in [3.05, 3.63) is 70.5 Å².